The van der Waals surface area contributed by atoms with Gasteiger partial charge in [0, 0.05) is 6.04 Å². The van der Waals surface area contributed by atoms with E-state index in [1.165, 1.54) is 0 Å². The van der Waals surface area contributed by atoms with E-state index in [0.717, 1.165) is 11.1 Å². The molecular formula is C16H19NO3S. The lowest BCUT2D eigenvalue weighted by Crippen LogP contribution is -2.21. The zero-order valence-electron chi connectivity index (χ0n) is 12.1. The van der Waals surface area contributed by atoms with Crippen LogP contribution < -0.4 is 10.5 Å². The van der Waals surface area contributed by atoms with Crippen LogP contribution in [-0.2, 0) is 9.84 Å². The van der Waals surface area contributed by atoms with Gasteiger partial charge in [0.15, 0.2) is 9.84 Å². The van der Waals surface area contributed by atoms with Gasteiger partial charge in [0.25, 0.3) is 0 Å². The van der Waals surface area contributed by atoms with E-state index < -0.39 is 15.9 Å². The van der Waals surface area contributed by atoms with Crippen LogP contribution in [0.25, 0.3) is 0 Å². The van der Waals surface area contributed by atoms with Crippen molar-refractivity contribution < 1.29 is 13.2 Å². The summed E-state index contributed by atoms with van der Waals surface area (Å²) in [6.45, 7) is 1.92. The second-order valence-electron chi connectivity index (χ2n) is 4.97. The summed E-state index contributed by atoms with van der Waals surface area (Å²) in [5.41, 5.74) is 7.81. The molecule has 5 heteroatoms. The number of hydrogen-bond donors (Lipinski definition) is 1. The van der Waals surface area contributed by atoms with E-state index in [2.05, 4.69) is 0 Å². The molecule has 0 aliphatic carbocycles. The number of rotatable bonds is 5. The monoisotopic (exact) mass is 305 g/mol. The molecule has 1 unspecified atom stereocenters. The first-order valence-electron chi connectivity index (χ1n) is 6.61. The van der Waals surface area contributed by atoms with Crippen LogP contribution in [0.5, 0.6) is 5.75 Å². The average Bonchev–Trinajstić information content (AvgIpc) is 2.47. The predicted molar refractivity (Wildman–Crippen MR) is 83.2 cm³/mol. The van der Waals surface area contributed by atoms with Gasteiger partial charge in [0.05, 0.1) is 17.8 Å². The van der Waals surface area contributed by atoms with Gasteiger partial charge in [0.1, 0.15) is 5.75 Å². The first-order valence-corrected chi connectivity index (χ1v) is 8.26. The molecule has 0 bridgehead atoms. The SMILES string of the molecule is COc1ccc(C(N)CS(=O)(=O)c2ccc(C)cc2)cc1. The molecule has 0 fully saturated rings. The van der Waals surface area contributed by atoms with Gasteiger partial charge in [0.2, 0.25) is 0 Å². The lowest BCUT2D eigenvalue weighted by molar-refractivity contribution is 0.414. The standard InChI is InChI=1S/C16H19NO3S/c1-12-3-9-15(10-4-12)21(18,19)11-16(17)13-5-7-14(20-2)8-6-13/h3-10,16H,11,17H2,1-2H3. The molecule has 2 rings (SSSR count). The zero-order chi connectivity index (χ0) is 15.5. The van der Waals surface area contributed by atoms with Crippen molar-refractivity contribution >= 4 is 9.84 Å². The minimum atomic E-state index is -3.40. The maximum Gasteiger partial charge on any atom is 0.180 e. The smallest absolute Gasteiger partial charge is 0.180 e. The third kappa shape index (κ3) is 3.83. The van der Waals surface area contributed by atoms with Crippen LogP contribution in [0.2, 0.25) is 0 Å². The molecule has 2 aromatic carbocycles. The van der Waals surface area contributed by atoms with E-state index in [1.807, 2.05) is 6.92 Å². The van der Waals surface area contributed by atoms with Crippen molar-refractivity contribution in [2.45, 2.75) is 17.9 Å². The van der Waals surface area contributed by atoms with E-state index in [9.17, 15) is 8.42 Å². The van der Waals surface area contributed by atoms with Crippen molar-refractivity contribution in [2.75, 3.05) is 12.9 Å². The lowest BCUT2D eigenvalue weighted by atomic mass is 10.1. The number of ether oxygens (including phenoxy) is 1. The fourth-order valence-electron chi connectivity index (χ4n) is 2.03. The van der Waals surface area contributed by atoms with Gasteiger partial charge in [-0.2, -0.15) is 0 Å². The first-order chi connectivity index (χ1) is 9.92. The largest absolute Gasteiger partial charge is 0.497 e. The van der Waals surface area contributed by atoms with Gasteiger partial charge >= 0.3 is 0 Å². The molecule has 0 aliphatic heterocycles. The van der Waals surface area contributed by atoms with E-state index in [0.29, 0.717) is 10.6 Å². The summed E-state index contributed by atoms with van der Waals surface area (Å²) in [6, 6.07) is 13.3. The normalized spacial score (nSPS) is 12.9. The van der Waals surface area contributed by atoms with Crippen LogP contribution in [0.3, 0.4) is 0 Å². The van der Waals surface area contributed by atoms with Gasteiger partial charge in [-0.15, -0.1) is 0 Å². The molecule has 0 saturated heterocycles. The van der Waals surface area contributed by atoms with E-state index in [-0.39, 0.29) is 5.75 Å². The maximum atomic E-state index is 12.3. The highest BCUT2D eigenvalue weighted by Crippen LogP contribution is 2.20. The molecule has 4 nitrogen and oxygen atoms in total. The summed E-state index contributed by atoms with van der Waals surface area (Å²) >= 11 is 0. The fourth-order valence-corrected chi connectivity index (χ4v) is 3.43. The molecule has 0 heterocycles. The molecule has 21 heavy (non-hydrogen) atoms. The zero-order valence-corrected chi connectivity index (χ0v) is 12.9. The molecule has 2 N–H and O–H groups in total. The molecule has 1 atom stereocenters. The Hall–Kier alpha value is -1.85. The third-order valence-corrected chi connectivity index (χ3v) is 5.11. The van der Waals surface area contributed by atoms with E-state index in [4.69, 9.17) is 10.5 Å². The van der Waals surface area contributed by atoms with Crippen LogP contribution in [0.1, 0.15) is 17.2 Å². The van der Waals surface area contributed by atoms with Crippen molar-refractivity contribution in [1.29, 1.82) is 0 Å². The van der Waals surface area contributed by atoms with E-state index in [1.54, 1.807) is 55.6 Å². The first kappa shape index (κ1) is 15.5. The van der Waals surface area contributed by atoms with Crippen molar-refractivity contribution in [3.8, 4) is 5.75 Å². The highest BCUT2D eigenvalue weighted by molar-refractivity contribution is 7.91. The Labute approximate surface area is 125 Å². The molecule has 0 aliphatic rings. The molecule has 0 saturated carbocycles. The summed E-state index contributed by atoms with van der Waals surface area (Å²) in [5.74, 6) is 0.593. The lowest BCUT2D eigenvalue weighted by Gasteiger charge is -2.13. The third-order valence-electron chi connectivity index (χ3n) is 3.32. The van der Waals surface area contributed by atoms with Crippen molar-refractivity contribution in [3.63, 3.8) is 0 Å². The van der Waals surface area contributed by atoms with Crippen molar-refractivity contribution in [3.05, 3.63) is 59.7 Å². The number of sulfone groups is 1. The maximum absolute atomic E-state index is 12.3. The molecule has 0 radical (unpaired) electrons. The summed E-state index contributed by atoms with van der Waals surface area (Å²) in [6.07, 6.45) is 0. The van der Waals surface area contributed by atoms with Crippen molar-refractivity contribution in [1.82, 2.24) is 0 Å². The van der Waals surface area contributed by atoms with Crippen LogP contribution >= 0.6 is 0 Å². The molecular weight excluding hydrogens is 286 g/mol. The molecule has 2 aromatic rings. The molecule has 0 aromatic heterocycles. The Morgan fingerprint density at radius 3 is 2.14 bits per heavy atom. The van der Waals surface area contributed by atoms with Crippen molar-refractivity contribution in [2.24, 2.45) is 5.73 Å². The van der Waals surface area contributed by atoms with Gasteiger partial charge in [-0.3, -0.25) is 0 Å². The second-order valence-corrected chi connectivity index (χ2v) is 7.01. The van der Waals surface area contributed by atoms with Crippen LogP contribution in [0.4, 0.5) is 0 Å². The average molecular weight is 305 g/mol. The number of aryl methyl sites for hydroxylation is 1. The minimum Gasteiger partial charge on any atom is -0.497 e. The number of nitrogens with two attached hydrogens (primary N) is 1. The summed E-state index contributed by atoms with van der Waals surface area (Å²) < 4.78 is 29.8. The Morgan fingerprint density at radius 2 is 1.62 bits per heavy atom. The number of methoxy groups -OCH3 is 1. The van der Waals surface area contributed by atoms with Gasteiger partial charge < -0.3 is 10.5 Å². The quantitative estimate of drug-likeness (QED) is 0.921. The van der Waals surface area contributed by atoms with Gasteiger partial charge in [-0.1, -0.05) is 29.8 Å². The Balaban J connectivity index is 2.17. The van der Waals surface area contributed by atoms with E-state index >= 15 is 0 Å². The number of hydrogen-bond acceptors (Lipinski definition) is 4. The van der Waals surface area contributed by atoms with Gasteiger partial charge in [-0.25, -0.2) is 8.42 Å². The molecule has 112 valence electrons. The number of benzene rings is 2. The summed E-state index contributed by atoms with van der Waals surface area (Å²) in [5, 5.41) is 0. The molecule has 0 amide bonds. The van der Waals surface area contributed by atoms with Gasteiger partial charge in [-0.05, 0) is 36.8 Å². The second kappa shape index (κ2) is 6.28. The predicted octanol–water partition coefficient (Wildman–Crippen LogP) is 2.48. The fraction of sp³-hybridized carbons (Fsp3) is 0.250. The highest BCUT2D eigenvalue weighted by Gasteiger charge is 2.19. The Morgan fingerprint density at radius 1 is 1.05 bits per heavy atom. The minimum absolute atomic E-state index is 0.123. The Kier molecular flexibility index (Phi) is 4.65. The van der Waals surface area contributed by atoms with Crippen LogP contribution in [0.15, 0.2) is 53.4 Å². The Bertz CT molecular complexity index is 691. The summed E-state index contributed by atoms with van der Waals surface area (Å²) in [4.78, 5) is 0.303. The molecule has 0 spiro atoms. The van der Waals surface area contributed by atoms with Crippen LogP contribution in [-0.4, -0.2) is 21.3 Å². The summed E-state index contributed by atoms with van der Waals surface area (Å²) in [7, 11) is -1.82. The topological polar surface area (TPSA) is 69.4 Å². The highest BCUT2D eigenvalue weighted by atomic mass is 32.2. The van der Waals surface area contributed by atoms with Crippen LogP contribution in [0, 0.1) is 6.92 Å².